The third-order valence-electron chi connectivity index (χ3n) is 3.08. The summed E-state index contributed by atoms with van der Waals surface area (Å²) in [6, 6.07) is 18.2. The molecule has 0 amide bonds. The SMILES string of the molecule is NCc1cccc(NC(CO)Cc2ccccc2)c1. The maximum atomic E-state index is 9.49. The van der Waals surface area contributed by atoms with Crippen LogP contribution in [0.5, 0.6) is 0 Å². The second-order valence-corrected chi connectivity index (χ2v) is 4.62. The van der Waals surface area contributed by atoms with Crippen molar-refractivity contribution in [2.45, 2.75) is 19.0 Å². The molecule has 3 heteroatoms. The Morgan fingerprint density at radius 2 is 1.74 bits per heavy atom. The molecule has 1 unspecified atom stereocenters. The predicted molar refractivity (Wildman–Crippen MR) is 79.0 cm³/mol. The van der Waals surface area contributed by atoms with Crippen molar-refractivity contribution in [3.63, 3.8) is 0 Å². The number of hydrogen-bond acceptors (Lipinski definition) is 3. The third-order valence-corrected chi connectivity index (χ3v) is 3.08. The lowest BCUT2D eigenvalue weighted by Gasteiger charge is -2.18. The molecule has 0 saturated heterocycles. The lowest BCUT2D eigenvalue weighted by Crippen LogP contribution is -2.26. The van der Waals surface area contributed by atoms with Crippen LogP contribution in [-0.2, 0) is 13.0 Å². The van der Waals surface area contributed by atoms with E-state index >= 15 is 0 Å². The molecule has 2 aromatic rings. The predicted octanol–water partition coefficient (Wildman–Crippen LogP) is 2.16. The minimum Gasteiger partial charge on any atom is -0.394 e. The summed E-state index contributed by atoms with van der Waals surface area (Å²) in [7, 11) is 0. The Hall–Kier alpha value is -1.84. The quantitative estimate of drug-likeness (QED) is 0.742. The van der Waals surface area contributed by atoms with Crippen molar-refractivity contribution in [1.82, 2.24) is 0 Å². The molecule has 3 nitrogen and oxygen atoms in total. The van der Waals surface area contributed by atoms with Gasteiger partial charge >= 0.3 is 0 Å². The molecule has 0 fully saturated rings. The molecule has 0 aromatic heterocycles. The zero-order chi connectivity index (χ0) is 13.5. The summed E-state index contributed by atoms with van der Waals surface area (Å²) in [5.74, 6) is 0. The molecule has 0 aliphatic heterocycles. The van der Waals surface area contributed by atoms with Crippen LogP contribution in [0.3, 0.4) is 0 Å². The van der Waals surface area contributed by atoms with Crippen molar-refractivity contribution >= 4 is 5.69 Å². The van der Waals surface area contributed by atoms with Crippen molar-refractivity contribution in [3.05, 3.63) is 65.7 Å². The van der Waals surface area contributed by atoms with E-state index in [0.29, 0.717) is 6.54 Å². The van der Waals surface area contributed by atoms with Gasteiger partial charge in [0.15, 0.2) is 0 Å². The highest BCUT2D eigenvalue weighted by Crippen LogP contribution is 2.13. The lowest BCUT2D eigenvalue weighted by atomic mass is 10.1. The van der Waals surface area contributed by atoms with Gasteiger partial charge in [0.2, 0.25) is 0 Å². The highest BCUT2D eigenvalue weighted by Gasteiger charge is 2.08. The van der Waals surface area contributed by atoms with E-state index in [4.69, 9.17) is 5.73 Å². The van der Waals surface area contributed by atoms with Gasteiger partial charge in [0.1, 0.15) is 0 Å². The smallest absolute Gasteiger partial charge is 0.0636 e. The topological polar surface area (TPSA) is 58.3 Å². The highest BCUT2D eigenvalue weighted by atomic mass is 16.3. The molecule has 19 heavy (non-hydrogen) atoms. The van der Waals surface area contributed by atoms with Crippen LogP contribution >= 0.6 is 0 Å². The molecule has 100 valence electrons. The van der Waals surface area contributed by atoms with Crippen LogP contribution in [0.1, 0.15) is 11.1 Å². The summed E-state index contributed by atoms with van der Waals surface area (Å²) in [4.78, 5) is 0. The number of anilines is 1. The van der Waals surface area contributed by atoms with Gasteiger partial charge in [0.25, 0.3) is 0 Å². The van der Waals surface area contributed by atoms with E-state index in [2.05, 4.69) is 17.4 Å². The van der Waals surface area contributed by atoms with Crippen molar-refractivity contribution in [3.8, 4) is 0 Å². The first-order chi connectivity index (χ1) is 9.31. The Bertz CT molecular complexity index is 499. The summed E-state index contributed by atoms with van der Waals surface area (Å²) in [5, 5.41) is 12.8. The van der Waals surface area contributed by atoms with Gasteiger partial charge in [-0.1, -0.05) is 42.5 Å². The van der Waals surface area contributed by atoms with Crippen LogP contribution in [0.15, 0.2) is 54.6 Å². The minimum absolute atomic E-state index is 0.00965. The summed E-state index contributed by atoms with van der Waals surface area (Å²) < 4.78 is 0. The fourth-order valence-electron chi connectivity index (χ4n) is 2.08. The molecule has 0 bridgehead atoms. The van der Waals surface area contributed by atoms with Gasteiger partial charge in [0, 0.05) is 12.2 Å². The van der Waals surface area contributed by atoms with Crippen molar-refractivity contribution in [2.24, 2.45) is 5.73 Å². The Morgan fingerprint density at radius 3 is 2.42 bits per heavy atom. The van der Waals surface area contributed by atoms with Crippen LogP contribution in [0.25, 0.3) is 0 Å². The molecule has 0 aliphatic rings. The van der Waals surface area contributed by atoms with Gasteiger partial charge in [-0.3, -0.25) is 0 Å². The summed E-state index contributed by atoms with van der Waals surface area (Å²) in [5.41, 5.74) is 8.92. The van der Waals surface area contributed by atoms with Gasteiger partial charge < -0.3 is 16.2 Å². The molecule has 2 rings (SSSR count). The van der Waals surface area contributed by atoms with Gasteiger partial charge in [-0.05, 0) is 29.7 Å². The summed E-state index contributed by atoms with van der Waals surface area (Å²) in [6.45, 7) is 0.625. The van der Waals surface area contributed by atoms with E-state index in [0.717, 1.165) is 17.7 Å². The van der Waals surface area contributed by atoms with Gasteiger partial charge in [-0.15, -0.1) is 0 Å². The van der Waals surface area contributed by atoms with Crippen LogP contribution in [-0.4, -0.2) is 17.8 Å². The number of rotatable bonds is 6. The molecule has 0 saturated carbocycles. The second-order valence-electron chi connectivity index (χ2n) is 4.62. The third kappa shape index (κ3) is 4.09. The second kappa shape index (κ2) is 6.92. The van der Waals surface area contributed by atoms with Gasteiger partial charge in [-0.2, -0.15) is 0 Å². The van der Waals surface area contributed by atoms with Crippen LogP contribution in [0.2, 0.25) is 0 Å². The zero-order valence-electron chi connectivity index (χ0n) is 10.9. The van der Waals surface area contributed by atoms with Gasteiger partial charge in [0.05, 0.1) is 12.6 Å². The average Bonchev–Trinajstić information content (AvgIpc) is 2.48. The molecule has 0 aliphatic carbocycles. The largest absolute Gasteiger partial charge is 0.394 e. The fourth-order valence-corrected chi connectivity index (χ4v) is 2.08. The standard InChI is InChI=1S/C16H20N2O/c17-11-14-7-4-8-15(10-14)18-16(12-19)9-13-5-2-1-3-6-13/h1-8,10,16,18-19H,9,11-12,17H2. The Balaban J connectivity index is 2.02. The molecule has 4 N–H and O–H groups in total. The maximum absolute atomic E-state index is 9.49. The van der Waals surface area contributed by atoms with Crippen molar-refractivity contribution in [2.75, 3.05) is 11.9 Å². The van der Waals surface area contributed by atoms with Gasteiger partial charge in [-0.25, -0.2) is 0 Å². The van der Waals surface area contributed by atoms with E-state index in [1.165, 1.54) is 5.56 Å². The molecule has 0 spiro atoms. The molecule has 1 atom stereocenters. The number of benzene rings is 2. The van der Waals surface area contributed by atoms with Crippen LogP contribution in [0, 0.1) is 0 Å². The molecule has 0 radical (unpaired) electrons. The van der Waals surface area contributed by atoms with E-state index in [-0.39, 0.29) is 12.6 Å². The van der Waals surface area contributed by atoms with Crippen LogP contribution in [0.4, 0.5) is 5.69 Å². The first-order valence-corrected chi connectivity index (χ1v) is 6.52. The van der Waals surface area contributed by atoms with Crippen LogP contribution < -0.4 is 11.1 Å². The Labute approximate surface area is 114 Å². The Kier molecular flexibility index (Phi) is 4.95. The zero-order valence-corrected chi connectivity index (χ0v) is 10.9. The summed E-state index contributed by atoms with van der Waals surface area (Å²) >= 11 is 0. The number of nitrogens with two attached hydrogens (primary N) is 1. The van der Waals surface area contributed by atoms with E-state index in [1.54, 1.807) is 0 Å². The molecular formula is C16H20N2O. The summed E-state index contributed by atoms with van der Waals surface area (Å²) in [6.07, 6.45) is 0.796. The Morgan fingerprint density at radius 1 is 1.00 bits per heavy atom. The number of aliphatic hydroxyl groups excluding tert-OH is 1. The monoisotopic (exact) mass is 256 g/mol. The first-order valence-electron chi connectivity index (χ1n) is 6.52. The van der Waals surface area contributed by atoms with E-state index in [1.807, 2.05) is 42.5 Å². The van der Waals surface area contributed by atoms with Crippen molar-refractivity contribution < 1.29 is 5.11 Å². The number of aliphatic hydroxyl groups is 1. The minimum atomic E-state index is 0.00965. The normalized spacial score (nSPS) is 12.1. The highest BCUT2D eigenvalue weighted by molar-refractivity contribution is 5.46. The fraction of sp³-hybridized carbons (Fsp3) is 0.250. The van der Waals surface area contributed by atoms with E-state index in [9.17, 15) is 5.11 Å². The number of nitrogens with one attached hydrogen (secondary N) is 1. The maximum Gasteiger partial charge on any atom is 0.0636 e. The molecule has 0 heterocycles. The lowest BCUT2D eigenvalue weighted by molar-refractivity contribution is 0.273. The average molecular weight is 256 g/mol. The number of hydrogen-bond donors (Lipinski definition) is 3. The first kappa shape index (κ1) is 13.6. The molecule has 2 aromatic carbocycles. The molecular weight excluding hydrogens is 236 g/mol. The van der Waals surface area contributed by atoms with E-state index < -0.39 is 0 Å². The van der Waals surface area contributed by atoms with Crippen molar-refractivity contribution in [1.29, 1.82) is 0 Å².